The van der Waals surface area contributed by atoms with E-state index in [-0.39, 0.29) is 0 Å². The molecule has 43 heavy (non-hydrogen) atoms. The van der Waals surface area contributed by atoms with Gasteiger partial charge in [-0.15, -0.1) is 11.3 Å². The summed E-state index contributed by atoms with van der Waals surface area (Å²) in [6.45, 7) is 0. The Labute approximate surface area is 252 Å². The lowest BCUT2D eigenvalue weighted by molar-refractivity contribution is 0.672. The third-order valence-corrected chi connectivity index (χ3v) is 9.61. The van der Waals surface area contributed by atoms with Crippen LogP contribution in [0.2, 0.25) is 0 Å². The summed E-state index contributed by atoms with van der Waals surface area (Å²) in [6, 6.07) is 54.3. The Hall–Kier alpha value is -5.38. The van der Waals surface area contributed by atoms with Crippen molar-refractivity contribution in [2.75, 3.05) is 4.90 Å². The maximum absolute atomic E-state index is 6.60. The van der Waals surface area contributed by atoms with Crippen LogP contribution in [0.15, 0.2) is 156 Å². The van der Waals surface area contributed by atoms with E-state index in [9.17, 15) is 0 Å². The Kier molecular flexibility index (Phi) is 5.40. The molecule has 0 N–H and O–H groups in total. The van der Waals surface area contributed by atoms with Gasteiger partial charge < -0.3 is 9.32 Å². The first-order valence-electron chi connectivity index (χ1n) is 14.5. The Morgan fingerprint density at radius 1 is 0.465 bits per heavy atom. The van der Waals surface area contributed by atoms with Crippen molar-refractivity contribution in [3.63, 3.8) is 0 Å². The summed E-state index contributed by atoms with van der Waals surface area (Å²) >= 11 is 1.85. The second kappa shape index (κ2) is 9.59. The molecule has 9 aromatic rings. The molecule has 0 saturated heterocycles. The zero-order chi connectivity index (χ0) is 28.3. The van der Waals surface area contributed by atoms with Gasteiger partial charge in [0.2, 0.25) is 0 Å². The van der Waals surface area contributed by atoms with Crippen molar-refractivity contribution in [1.82, 2.24) is 0 Å². The first kappa shape index (κ1) is 24.2. The van der Waals surface area contributed by atoms with E-state index in [1.165, 1.54) is 36.7 Å². The number of furan rings is 1. The van der Waals surface area contributed by atoms with Crippen LogP contribution in [0.25, 0.3) is 64.0 Å². The molecule has 7 aromatic carbocycles. The largest absolute Gasteiger partial charge is 0.455 e. The highest BCUT2D eigenvalue weighted by molar-refractivity contribution is 7.25. The van der Waals surface area contributed by atoms with Gasteiger partial charge in [-0.2, -0.15) is 0 Å². The molecule has 9 rings (SSSR count). The molecule has 0 spiro atoms. The summed E-state index contributed by atoms with van der Waals surface area (Å²) in [5.74, 6) is 0. The van der Waals surface area contributed by atoms with Crippen LogP contribution in [0.5, 0.6) is 0 Å². The molecule has 2 heterocycles. The van der Waals surface area contributed by atoms with E-state index in [0.29, 0.717) is 0 Å². The number of benzene rings is 7. The molecule has 0 amide bonds. The lowest BCUT2D eigenvalue weighted by Crippen LogP contribution is -2.10. The Morgan fingerprint density at radius 3 is 2.07 bits per heavy atom. The molecule has 0 fully saturated rings. The lowest BCUT2D eigenvalue weighted by Gasteiger charge is -2.26. The zero-order valence-electron chi connectivity index (χ0n) is 23.2. The monoisotopic (exact) mass is 567 g/mol. The average molecular weight is 568 g/mol. The molecule has 0 aliphatic carbocycles. The van der Waals surface area contributed by atoms with Crippen molar-refractivity contribution < 1.29 is 4.42 Å². The van der Waals surface area contributed by atoms with Crippen molar-refractivity contribution in [2.24, 2.45) is 0 Å². The van der Waals surface area contributed by atoms with E-state index in [0.717, 1.165) is 44.4 Å². The molecule has 2 nitrogen and oxygen atoms in total. The second-order valence-electron chi connectivity index (χ2n) is 10.9. The van der Waals surface area contributed by atoms with Crippen LogP contribution in [-0.4, -0.2) is 0 Å². The first-order chi connectivity index (χ1) is 21.3. The highest BCUT2D eigenvalue weighted by Crippen LogP contribution is 2.46. The van der Waals surface area contributed by atoms with Gasteiger partial charge in [-0.05, 0) is 71.1 Å². The van der Waals surface area contributed by atoms with E-state index in [1.54, 1.807) is 0 Å². The van der Waals surface area contributed by atoms with E-state index < -0.39 is 0 Å². The highest BCUT2D eigenvalue weighted by Gasteiger charge is 2.21. The molecule has 202 valence electrons. The summed E-state index contributed by atoms with van der Waals surface area (Å²) < 4.78 is 9.20. The number of fused-ring (bicyclic) bond motifs is 8. The summed E-state index contributed by atoms with van der Waals surface area (Å²) in [5.41, 5.74) is 7.53. The molecule has 0 saturated carbocycles. The third-order valence-electron chi connectivity index (χ3n) is 8.46. The number of hydrogen-bond donors (Lipinski definition) is 0. The van der Waals surface area contributed by atoms with Crippen molar-refractivity contribution in [3.05, 3.63) is 152 Å². The van der Waals surface area contributed by atoms with Gasteiger partial charge in [0, 0.05) is 42.3 Å². The van der Waals surface area contributed by atoms with Crippen LogP contribution in [0.1, 0.15) is 0 Å². The van der Waals surface area contributed by atoms with Crippen LogP contribution in [0, 0.1) is 0 Å². The Balaban J connectivity index is 1.31. The van der Waals surface area contributed by atoms with Crippen LogP contribution < -0.4 is 4.90 Å². The van der Waals surface area contributed by atoms with Crippen molar-refractivity contribution in [1.29, 1.82) is 0 Å². The first-order valence-corrected chi connectivity index (χ1v) is 15.3. The molecule has 0 radical (unpaired) electrons. The maximum Gasteiger partial charge on any atom is 0.143 e. The van der Waals surface area contributed by atoms with Crippen LogP contribution in [0.4, 0.5) is 17.1 Å². The topological polar surface area (TPSA) is 16.4 Å². The van der Waals surface area contributed by atoms with E-state index in [2.05, 4.69) is 157 Å². The molecule has 0 bridgehead atoms. The molecule has 2 aromatic heterocycles. The van der Waals surface area contributed by atoms with Crippen LogP contribution >= 0.6 is 11.3 Å². The Bertz CT molecular complexity index is 2450. The molecule has 0 atom stereocenters. The number of anilines is 3. The van der Waals surface area contributed by atoms with E-state index >= 15 is 0 Å². The fourth-order valence-electron chi connectivity index (χ4n) is 6.44. The quantitative estimate of drug-likeness (QED) is 0.210. The molecule has 0 unspecified atom stereocenters. The number of thiophene rings is 1. The van der Waals surface area contributed by atoms with Gasteiger partial charge in [-0.3, -0.25) is 0 Å². The molecule has 0 aliphatic heterocycles. The number of rotatable bonds is 4. The highest BCUT2D eigenvalue weighted by atomic mass is 32.1. The van der Waals surface area contributed by atoms with Gasteiger partial charge in [-0.25, -0.2) is 0 Å². The van der Waals surface area contributed by atoms with Gasteiger partial charge in [0.25, 0.3) is 0 Å². The molecule has 3 heteroatoms. The SMILES string of the molecule is c1ccc(-c2ccc(N(c3ccc4sc5ccccc5c4c3)c3cccc4oc5c6ccccc6ccc5c34)cc2)cc1. The minimum Gasteiger partial charge on any atom is -0.455 e. The van der Waals surface area contributed by atoms with Gasteiger partial charge in [-0.1, -0.05) is 97.1 Å². The van der Waals surface area contributed by atoms with Crippen LogP contribution in [0.3, 0.4) is 0 Å². The predicted molar refractivity (Wildman–Crippen MR) is 184 cm³/mol. The minimum absolute atomic E-state index is 0.886. The zero-order valence-corrected chi connectivity index (χ0v) is 24.0. The average Bonchev–Trinajstić information content (AvgIpc) is 3.65. The van der Waals surface area contributed by atoms with Gasteiger partial charge in [0.1, 0.15) is 11.2 Å². The smallest absolute Gasteiger partial charge is 0.143 e. The van der Waals surface area contributed by atoms with E-state index in [1.807, 2.05) is 11.3 Å². The van der Waals surface area contributed by atoms with Crippen molar-refractivity contribution in [3.8, 4) is 11.1 Å². The minimum atomic E-state index is 0.886. The fourth-order valence-corrected chi connectivity index (χ4v) is 7.52. The summed E-state index contributed by atoms with van der Waals surface area (Å²) in [6.07, 6.45) is 0. The standard InChI is InChI=1S/C40H25NOS/c1-2-9-26(10-3-1)27-17-20-29(21-18-27)41(30-22-24-38-34(25-30)32-13-6-7-16-37(32)43-38)35-14-8-15-36-39(35)33-23-19-28-11-4-5-12-31(28)40(33)42-36/h1-25H. The lowest BCUT2D eigenvalue weighted by atomic mass is 10.0. The summed E-state index contributed by atoms with van der Waals surface area (Å²) in [5, 5.41) is 7.12. The molecular formula is C40H25NOS. The van der Waals surface area contributed by atoms with Crippen molar-refractivity contribution >= 4 is 81.3 Å². The van der Waals surface area contributed by atoms with Gasteiger partial charge in [0.05, 0.1) is 11.1 Å². The second-order valence-corrected chi connectivity index (χ2v) is 12.0. The third kappa shape index (κ3) is 3.86. The fraction of sp³-hybridized carbons (Fsp3) is 0. The summed E-state index contributed by atoms with van der Waals surface area (Å²) in [7, 11) is 0. The predicted octanol–water partition coefficient (Wildman–Crippen LogP) is 12.2. The summed E-state index contributed by atoms with van der Waals surface area (Å²) in [4.78, 5) is 2.38. The molecule has 0 aliphatic rings. The number of hydrogen-bond acceptors (Lipinski definition) is 3. The number of nitrogens with zero attached hydrogens (tertiary/aromatic N) is 1. The van der Waals surface area contributed by atoms with Crippen molar-refractivity contribution in [2.45, 2.75) is 0 Å². The maximum atomic E-state index is 6.60. The van der Waals surface area contributed by atoms with E-state index in [4.69, 9.17) is 4.42 Å². The Morgan fingerprint density at radius 2 is 1.19 bits per heavy atom. The molecular weight excluding hydrogens is 543 g/mol. The normalized spacial score (nSPS) is 11.7. The van der Waals surface area contributed by atoms with Gasteiger partial charge in [0.15, 0.2) is 0 Å². The van der Waals surface area contributed by atoms with Gasteiger partial charge >= 0.3 is 0 Å². The van der Waals surface area contributed by atoms with Crippen LogP contribution in [-0.2, 0) is 0 Å².